The van der Waals surface area contributed by atoms with Gasteiger partial charge in [-0.2, -0.15) is 0 Å². The van der Waals surface area contributed by atoms with Gasteiger partial charge in [-0.1, -0.05) is 24.3 Å². The van der Waals surface area contributed by atoms with Crippen LogP contribution in [-0.2, 0) is 17.8 Å². The molecule has 1 N–H and O–H groups in total. The lowest BCUT2D eigenvalue weighted by Crippen LogP contribution is -2.25. The van der Waals surface area contributed by atoms with Gasteiger partial charge < -0.3 is 5.32 Å². The van der Waals surface area contributed by atoms with Crippen LogP contribution in [0, 0.1) is 5.82 Å². The van der Waals surface area contributed by atoms with E-state index in [4.69, 9.17) is 0 Å². The van der Waals surface area contributed by atoms with Crippen LogP contribution in [0.3, 0.4) is 0 Å². The summed E-state index contributed by atoms with van der Waals surface area (Å²) in [5, 5.41) is 2.76. The van der Waals surface area contributed by atoms with E-state index in [0.717, 1.165) is 11.4 Å². The maximum Gasteiger partial charge on any atom is 0.224 e. The van der Waals surface area contributed by atoms with Crippen LogP contribution in [0.5, 0.6) is 0 Å². The number of carbonyl (C=O) groups is 1. The molecule has 0 aliphatic carbocycles. The number of imidazole rings is 1. The lowest BCUT2D eigenvalue weighted by Gasteiger charge is -2.07. The molecule has 5 nitrogen and oxygen atoms in total. The van der Waals surface area contributed by atoms with Crippen molar-refractivity contribution in [2.24, 2.45) is 0 Å². The van der Waals surface area contributed by atoms with Crippen molar-refractivity contribution >= 4 is 5.91 Å². The molecule has 1 amide bonds. The maximum absolute atomic E-state index is 13.5. The summed E-state index contributed by atoms with van der Waals surface area (Å²) in [5.41, 5.74) is 1.26. The van der Waals surface area contributed by atoms with Crippen molar-refractivity contribution in [3.63, 3.8) is 0 Å². The SMILES string of the molecule is O=C(Cc1ccccc1F)NCc1ccc(-n2ccnc2)nc1. The van der Waals surface area contributed by atoms with Crippen molar-refractivity contribution in [2.45, 2.75) is 13.0 Å². The number of hydrogen-bond donors (Lipinski definition) is 1. The highest BCUT2D eigenvalue weighted by Gasteiger charge is 2.07. The minimum atomic E-state index is -0.367. The summed E-state index contributed by atoms with van der Waals surface area (Å²) in [4.78, 5) is 20.2. The van der Waals surface area contributed by atoms with Gasteiger partial charge in [-0.25, -0.2) is 14.4 Å². The van der Waals surface area contributed by atoms with Gasteiger partial charge in [0.25, 0.3) is 0 Å². The Morgan fingerprint density at radius 1 is 1.22 bits per heavy atom. The Hall–Kier alpha value is -3.02. The third-order valence-electron chi connectivity index (χ3n) is 3.38. The fourth-order valence-electron chi connectivity index (χ4n) is 2.15. The topological polar surface area (TPSA) is 59.8 Å². The predicted molar refractivity (Wildman–Crippen MR) is 83.3 cm³/mol. The zero-order valence-electron chi connectivity index (χ0n) is 12.3. The smallest absolute Gasteiger partial charge is 0.224 e. The van der Waals surface area contributed by atoms with E-state index in [1.807, 2.05) is 12.1 Å². The van der Waals surface area contributed by atoms with Crippen molar-refractivity contribution in [3.8, 4) is 5.82 Å². The average Bonchev–Trinajstić information content (AvgIpc) is 3.10. The summed E-state index contributed by atoms with van der Waals surface area (Å²) < 4.78 is 15.3. The van der Waals surface area contributed by atoms with Gasteiger partial charge in [0.1, 0.15) is 18.0 Å². The van der Waals surface area contributed by atoms with Crippen molar-refractivity contribution in [1.29, 1.82) is 0 Å². The van der Waals surface area contributed by atoms with Gasteiger partial charge in [0.2, 0.25) is 5.91 Å². The molecule has 0 unspecified atom stereocenters. The third-order valence-corrected chi connectivity index (χ3v) is 3.38. The monoisotopic (exact) mass is 310 g/mol. The van der Waals surface area contributed by atoms with Crippen LogP contribution in [-0.4, -0.2) is 20.4 Å². The van der Waals surface area contributed by atoms with E-state index in [-0.39, 0.29) is 18.1 Å². The van der Waals surface area contributed by atoms with Crippen LogP contribution >= 0.6 is 0 Å². The number of halogens is 1. The molecule has 0 aliphatic heterocycles. The van der Waals surface area contributed by atoms with Crippen molar-refractivity contribution in [2.75, 3.05) is 0 Å². The first-order chi connectivity index (χ1) is 11.2. The Morgan fingerprint density at radius 2 is 2.09 bits per heavy atom. The Labute approximate surface area is 132 Å². The zero-order chi connectivity index (χ0) is 16.1. The fourth-order valence-corrected chi connectivity index (χ4v) is 2.15. The number of pyridine rings is 1. The lowest BCUT2D eigenvalue weighted by atomic mass is 10.1. The molecule has 0 radical (unpaired) electrons. The highest BCUT2D eigenvalue weighted by Crippen LogP contribution is 2.08. The highest BCUT2D eigenvalue weighted by molar-refractivity contribution is 5.78. The molecule has 0 aliphatic rings. The first-order valence-corrected chi connectivity index (χ1v) is 7.16. The van der Waals surface area contributed by atoms with E-state index in [1.165, 1.54) is 6.07 Å². The molecule has 0 fully saturated rings. The van der Waals surface area contributed by atoms with Crippen LogP contribution in [0.1, 0.15) is 11.1 Å². The van der Waals surface area contributed by atoms with Crippen LogP contribution in [0.15, 0.2) is 61.3 Å². The Morgan fingerprint density at radius 3 is 2.78 bits per heavy atom. The van der Waals surface area contributed by atoms with Gasteiger partial charge in [0, 0.05) is 25.1 Å². The number of rotatable bonds is 5. The van der Waals surface area contributed by atoms with E-state index >= 15 is 0 Å². The van der Waals surface area contributed by atoms with Gasteiger partial charge in [0.05, 0.1) is 6.42 Å². The van der Waals surface area contributed by atoms with Gasteiger partial charge in [-0.05, 0) is 23.3 Å². The van der Waals surface area contributed by atoms with E-state index < -0.39 is 0 Å². The van der Waals surface area contributed by atoms with Crippen LogP contribution < -0.4 is 5.32 Å². The molecule has 3 aromatic rings. The Bertz CT molecular complexity index is 785. The number of carbonyl (C=O) groups excluding carboxylic acids is 1. The van der Waals surface area contributed by atoms with Gasteiger partial charge >= 0.3 is 0 Å². The second-order valence-corrected chi connectivity index (χ2v) is 5.04. The molecule has 0 spiro atoms. The number of aromatic nitrogens is 3. The molecular formula is C17H15FN4O. The molecular weight excluding hydrogens is 295 g/mol. The molecule has 23 heavy (non-hydrogen) atoms. The number of benzene rings is 1. The summed E-state index contributed by atoms with van der Waals surface area (Å²) in [5.74, 6) is 0.159. The van der Waals surface area contributed by atoms with Crippen molar-refractivity contribution in [3.05, 3.63) is 78.3 Å². The molecule has 2 aromatic heterocycles. The standard InChI is InChI=1S/C17H15FN4O/c18-15-4-2-1-3-14(15)9-17(23)21-11-13-5-6-16(20-10-13)22-8-7-19-12-22/h1-8,10,12H,9,11H2,(H,21,23). The van der Waals surface area contributed by atoms with Crippen molar-refractivity contribution < 1.29 is 9.18 Å². The van der Waals surface area contributed by atoms with Crippen LogP contribution in [0.25, 0.3) is 5.82 Å². The fraction of sp³-hybridized carbons (Fsp3) is 0.118. The third kappa shape index (κ3) is 3.79. The summed E-state index contributed by atoms with van der Waals surface area (Å²) in [6.45, 7) is 0.352. The predicted octanol–water partition coefficient (Wildman–Crippen LogP) is 2.27. The second-order valence-electron chi connectivity index (χ2n) is 5.04. The minimum absolute atomic E-state index is 0.0211. The summed E-state index contributed by atoms with van der Waals surface area (Å²) in [7, 11) is 0. The number of hydrogen-bond acceptors (Lipinski definition) is 3. The van der Waals surface area contributed by atoms with E-state index in [9.17, 15) is 9.18 Å². The molecule has 1 aromatic carbocycles. The Balaban J connectivity index is 1.56. The van der Waals surface area contributed by atoms with Gasteiger partial charge in [-0.15, -0.1) is 0 Å². The number of amides is 1. The lowest BCUT2D eigenvalue weighted by molar-refractivity contribution is -0.120. The minimum Gasteiger partial charge on any atom is -0.352 e. The summed E-state index contributed by atoms with van der Waals surface area (Å²) in [6.07, 6.45) is 6.86. The van der Waals surface area contributed by atoms with E-state index in [0.29, 0.717) is 12.1 Å². The molecule has 116 valence electrons. The second kappa shape index (κ2) is 6.83. The number of nitrogens with zero attached hydrogens (tertiary/aromatic N) is 3. The van der Waals surface area contributed by atoms with E-state index in [2.05, 4.69) is 15.3 Å². The summed E-state index contributed by atoms with van der Waals surface area (Å²) in [6, 6.07) is 10.00. The molecule has 2 heterocycles. The van der Waals surface area contributed by atoms with Gasteiger partial charge in [0.15, 0.2) is 0 Å². The molecule has 0 saturated carbocycles. The molecule has 3 rings (SSSR count). The highest BCUT2D eigenvalue weighted by atomic mass is 19.1. The first kappa shape index (κ1) is 14.9. The first-order valence-electron chi connectivity index (χ1n) is 7.16. The zero-order valence-corrected chi connectivity index (χ0v) is 12.3. The number of nitrogens with one attached hydrogen (secondary N) is 1. The largest absolute Gasteiger partial charge is 0.352 e. The maximum atomic E-state index is 13.5. The molecule has 0 saturated heterocycles. The van der Waals surface area contributed by atoms with Gasteiger partial charge in [-0.3, -0.25) is 9.36 Å². The molecule has 0 bridgehead atoms. The molecule has 6 heteroatoms. The summed E-state index contributed by atoms with van der Waals surface area (Å²) >= 11 is 0. The van der Waals surface area contributed by atoms with Crippen LogP contribution in [0.4, 0.5) is 4.39 Å². The Kier molecular flexibility index (Phi) is 4.42. The van der Waals surface area contributed by atoms with E-state index in [1.54, 1.807) is 47.7 Å². The molecule has 0 atom stereocenters. The average molecular weight is 310 g/mol. The van der Waals surface area contributed by atoms with Crippen molar-refractivity contribution in [1.82, 2.24) is 19.9 Å². The normalized spacial score (nSPS) is 10.5. The quantitative estimate of drug-likeness (QED) is 0.786. The van der Waals surface area contributed by atoms with Crippen LogP contribution in [0.2, 0.25) is 0 Å².